The monoisotopic (exact) mass is 241 g/mol. The van der Waals surface area contributed by atoms with Crippen molar-refractivity contribution in [2.24, 2.45) is 5.92 Å². The van der Waals surface area contributed by atoms with Crippen LogP contribution >= 0.6 is 0 Å². The number of benzene rings is 1. The van der Waals surface area contributed by atoms with Crippen molar-refractivity contribution in [1.29, 1.82) is 0 Å². The topological polar surface area (TPSA) is 15.8 Å². The molecular weight excluding hydrogens is 227 g/mol. The number of hydrogen-bond acceptors (Lipinski definition) is 0. The number of aromatic nitrogens is 1. The molecule has 1 aromatic carbocycles. The van der Waals surface area contributed by atoms with Crippen molar-refractivity contribution in [2.75, 3.05) is 0 Å². The number of rotatable bonds is 2. The molecule has 1 N–H and O–H groups in total. The number of alkyl halides is 3. The predicted molar refractivity (Wildman–Crippen MR) is 61.8 cm³/mol. The second-order valence-corrected chi connectivity index (χ2v) is 4.66. The summed E-state index contributed by atoms with van der Waals surface area (Å²) in [6.45, 7) is 4.08. The SMILES string of the molecule is CC(C)Cc1cc2c(C(F)(F)F)cccc2[nH]1. The third-order valence-electron chi connectivity index (χ3n) is 2.65. The molecule has 2 aromatic rings. The van der Waals surface area contributed by atoms with Crippen molar-refractivity contribution >= 4 is 10.9 Å². The van der Waals surface area contributed by atoms with Gasteiger partial charge in [0.2, 0.25) is 0 Å². The number of aromatic amines is 1. The summed E-state index contributed by atoms with van der Waals surface area (Å²) in [5.74, 6) is 0.414. The number of nitrogens with one attached hydrogen (secondary N) is 1. The van der Waals surface area contributed by atoms with Crippen molar-refractivity contribution in [3.63, 3.8) is 0 Å². The van der Waals surface area contributed by atoms with Crippen LogP contribution < -0.4 is 0 Å². The number of fused-ring (bicyclic) bond motifs is 1. The summed E-state index contributed by atoms with van der Waals surface area (Å²) < 4.78 is 38.3. The maximum atomic E-state index is 12.8. The van der Waals surface area contributed by atoms with Crippen molar-refractivity contribution in [1.82, 2.24) is 4.98 Å². The van der Waals surface area contributed by atoms with E-state index >= 15 is 0 Å². The van der Waals surface area contributed by atoms with Crippen LogP contribution in [0.4, 0.5) is 13.2 Å². The van der Waals surface area contributed by atoms with E-state index in [1.165, 1.54) is 6.07 Å². The summed E-state index contributed by atoms with van der Waals surface area (Å²) in [6.07, 6.45) is -3.54. The van der Waals surface area contributed by atoms with Crippen LogP contribution in [0.2, 0.25) is 0 Å². The van der Waals surface area contributed by atoms with Crippen LogP contribution in [-0.2, 0) is 12.6 Å². The third-order valence-corrected chi connectivity index (χ3v) is 2.65. The smallest absolute Gasteiger partial charge is 0.358 e. The average molecular weight is 241 g/mol. The maximum Gasteiger partial charge on any atom is 0.417 e. The van der Waals surface area contributed by atoms with Crippen molar-refractivity contribution in [3.05, 3.63) is 35.5 Å². The molecule has 1 heterocycles. The van der Waals surface area contributed by atoms with E-state index in [0.717, 1.165) is 18.2 Å². The molecule has 1 nitrogen and oxygen atoms in total. The Morgan fingerprint density at radius 1 is 1.24 bits per heavy atom. The molecule has 0 aliphatic heterocycles. The highest BCUT2D eigenvalue weighted by molar-refractivity contribution is 5.84. The van der Waals surface area contributed by atoms with Crippen molar-refractivity contribution < 1.29 is 13.2 Å². The molecule has 0 radical (unpaired) electrons. The van der Waals surface area contributed by atoms with E-state index in [0.29, 0.717) is 11.4 Å². The van der Waals surface area contributed by atoms with Crippen LogP contribution in [0.25, 0.3) is 10.9 Å². The van der Waals surface area contributed by atoms with E-state index < -0.39 is 11.7 Å². The molecule has 2 rings (SSSR count). The molecule has 0 atom stereocenters. The maximum absolute atomic E-state index is 12.8. The third kappa shape index (κ3) is 2.46. The fourth-order valence-electron chi connectivity index (χ4n) is 2.01. The molecule has 0 amide bonds. The van der Waals surface area contributed by atoms with Crippen LogP contribution in [0.5, 0.6) is 0 Å². The van der Waals surface area contributed by atoms with Gasteiger partial charge < -0.3 is 4.98 Å². The Bertz CT molecular complexity index is 523. The zero-order valence-electron chi connectivity index (χ0n) is 9.73. The van der Waals surface area contributed by atoms with Gasteiger partial charge in [-0.3, -0.25) is 0 Å². The highest BCUT2D eigenvalue weighted by atomic mass is 19.4. The lowest BCUT2D eigenvalue weighted by Crippen LogP contribution is -2.04. The summed E-state index contributed by atoms with van der Waals surface area (Å²) in [6, 6.07) is 5.84. The Hall–Kier alpha value is -1.45. The first-order chi connectivity index (χ1) is 7.88. The van der Waals surface area contributed by atoms with Gasteiger partial charge in [0.1, 0.15) is 0 Å². The van der Waals surface area contributed by atoms with Crippen LogP contribution in [0, 0.1) is 5.92 Å². The first kappa shape index (κ1) is 12.0. The van der Waals surface area contributed by atoms with Gasteiger partial charge >= 0.3 is 6.18 Å². The van der Waals surface area contributed by atoms with E-state index in [1.807, 2.05) is 13.8 Å². The van der Waals surface area contributed by atoms with Gasteiger partial charge in [-0.1, -0.05) is 19.9 Å². The molecule has 0 aliphatic carbocycles. The molecule has 17 heavy (non-hydrogen) atoms. The van der Waals surface area contributed by atoms with Crippen LogP contribution in [-0.4, -0.2) is 4.98 Å². The van der Waals surface area contributed by atoms with Crippen LogP contribution in [0.15, 0.2) is 24.3 Å². The fraction of sp³-hybridized carbons (Fsp3) is 0.385. The Balaban J connectivity index is 2.53. The highest BCUT2D eigenvalue weighted by Gasteiger charge is 2.32. The predicted octanol–water partition coefficient (Wildman–Crippen LogP) is 4.39. The van der Waals surface area contributed by atoms with Gasteiger partial charge in [0.05, 0.1) is 5.56 Å². The second-order valence-electron chi connectivity index (χ2n) is 4.66. The van der Waals surface area contributed by atoms with E-state index in [4.69, 9.17) is 0 Å². The van der Waals surface area contributed by atoms with Gasteiger partial charge in [-0.15, -0.1) is 0 Å². The number of H-pyrrole nitrogens is 1. The molecule has 0 spiro atoms. The fourth-order valence-corrected chi connectivity index (χ4v) is 2.01. The Morgan fingerprint density at radius 3 is 2.53 bits per heavy atom. The number of halogens is 3. The van der Waals surface area contributed by atoms with E-state index in [2.05, 4.69) is 4.98 Å². The molecule has 0 saturated heterocycles. The lowest BCUT2D eigenvalue weighted by Gasteiger charge is -2.06. The summed E-state index contributed by atoms with van der Waals surface area (Å²) >= 11 is 0. The van der Waals surface area contributed by atoms with Crippen LogP contribution in [0.3, 0.4) is 0 Å². The Morgan fingerprint density at radius 2 is 1.94 bits per heavy atom. The number of hydrogen-bond donors (Lipinski definition) is 1. The molecule has 0 unspecified atom stereocenters. The van der Waals surface area contributed by atoms with Gasteiger partial charge in [0.25, 0.3) is 0 Å². The van der Waals surface area contributed by atoms with Gasteiger partial charge in [-0.25, -0.2) is 0 Å². The zero-order valence-corrected chi connectivity index (χ0v) is 9.73. The summed E-state index contributed by atoms with van der Waals surface area (Å²) in [7, 11) is 0. The summed E-state index contributed by atoms with van der Waals surface area (Å²) in [5.41, 5.74) is 0.837. The van der Waals surface area contributed by atoms with Gasteiger partial charge in [0, 0.05) is 16.6 Å². The molecule has 0 fully saturated rings. The molecule has 4 heteroatoms. The zero-order chi connectivity index (χ0) is 12.6. The molecular formula is C13H14F3N. The van der Waals surface area contributed by atoms with Gasteiger partial charge in [-0.05, 0) is 30.5 Å². The standard InChI is InChI=1S/C13H14F3N/c1-8(2)6-9-7-10-11(13(14,15)16)4-3-5-12(10)17-9/h3-5,7-8,17H,6H2,1-2H3. The van der Waals surface area contributed by atoms with Gasteiger partial charge in [0.15, 0.2) is 0 Å². The van der Waals surface area contributed by atoms with Crippen LogP contribution in [0.1, 0.15) is 25.1 Å². The van der Waals surface area contributed by atoms with E-state index in [9.17, 15) is 13.2 Å². The quantitative estimate of drug-likeness (QED) is 0.802. The first-order valence-corrected chi connectivity index (χ1v) is 5.55. The molecule has 0 bridgehead atoms. The summed E-state index contributed by atoms with van der Waals surface area (Å²) in [4.78, 5) is 3.04. The minimum Gasteiger partial charge on any atom is -0.358 e. The minimum absolute atomic E-state index is 0.260. The molecule has 92 valence electrons. The van der Waals surface area contributed by atoms with Crippen molar-refractivity contribution in [2.45, 2.75) is 26.4 Å². The highest BCUT2D eigenvalue weighted by Crippen LogP contribution is 2.35. The van der Waals surface area contributed by atoms with E-state index in [1.54, 1.807) is 12.1 Å². The van der Waals surface area contributed by atoms with E-state index in [-0.39, 0.29) is 5.39 Å². The second kappa shape index (κ2) is 4.09. The molecule has 0 aliphatic rings. The molecule has 1 aromatic heterocycles. The lowest BCUT2D eigenvalue weighted by molar-refractivity contribution is -0.136. The Kier molecular flexibility index (Phi) is 2.89. The first-order valence-electron chi connectivity index (χ1n) is 5.55. The van der Waals surface area contributed by atoms with Crippen molar-refractivity contribution in [3.8, 4) is 0 Å². The Labute approximate surface area is 97.6 Å². The summed E-state index contributed by atoms with van der Waals surface area (Å²) in [5, 5.41) is 0.260. The lowest BCUT2D eigenvalue weighted by atomic mass is 10.1. The van der Waals surface area contributed by atoms with Gasteiger partial charge in [-0.2, -0.15) is 13.2 Å². The largest absolute Gasteiger partial charge is 0.417 e. The average Bonchev–Trinajstić information content (AvgIpc) is 2.55. The minimum atomic E-state index is -4.29. The normalized spacial score (nSPS) is 12.6. The molecule has 0 saturated carbocycles.